The van der Waals surface area contributed by atoms with Crippen LogP contribution < -0.4 is 5.01 Å². The lowest BCUT2D eigenvalue weighted by molar-refractivity contribution is -0.137. The molecule has 2 aliphatic rings. The van der Waals surface area contributed by atoms with Crippen molar-refractivity contribution in [2.75, 3.05) is 25.8 Å². The van der Waals surface area contributed by atoms with Gasteiger partial charge in [0.2, 0.25) is 9.37 Å². The lowest BCUT2D eigenvalue weighted by atomic mass is 10.2. The fourth-order valence-electron chi connectivity index (χ4n) is 3.04. The molecule has 7 nitrogen and oxygen atoms in total. The predicted octanol–water partition coefficient (Wildman–Crippen LogP) is 3.59. The largest absolute Gasteiger partial charge is 0.464 e. The summed E-state index contributed by atoms with van der Waals surface area (Å²) in [4.78, 5) is 27.5. The number of thioether (sulfide) groups is 2. The number of para-hydroxylation sites is 1. The molecule has 28 heavy (non-hydrogen) atoms. The molecule has 1 aromatic carbocycles. The summed E-state index contributed by atoms with van der Waals surface area (Å²) in [5.74, 6) is -0.849. The van der Waals surface area contributed by atoms with Crippen LogP contribution in [0.5, 0.6) is 0 Å². The maximum atomic E-state index is 12.6. The fourth-order valence-corrected chi connectivity index (χ4v) is 5.95. The summed E-state index contributed by atoms with van der Waals surface area (Å²) in [5, 5.41) is 6.56. The third kappa shape index (κ3) is 3.48. The van der Waals surface area contributed by atoms with Crippen LogP contribution in [-0.4, -0.2) is 47.0 Å². The van der Waals surface area contributed by atoms with E-state index >= 15 is 0 Å². The summed E-state index contributed by atoms with van der Waals surface area (Å²) < 4.78 is 9.35. The van der Waals surface area contributed by atoms with Gasteiger partial charge in [-0.1, -0.05) is 43.3 Å². The molecule has 1 spiro atoms. The maximum Gasteiger partial charge on any atom is 0.365 e. The van der Waals surface area contributed by atoms with Crippen LogP contribution in [0.4, 0.5) is 5.69 Å². The number of hydrazone groups is 1. The van der Waals surface area contributed by atoms with E-state index in [9.17, 15) is 9.59 Å². The SMILES string of the molecule is CCCC1=C(C(=O)OCC)S[C@]2(SC(C(=O)OC)=NN2c2ccccc2)N1C. The zero-order chi connectivity index (χ0) is 20.3. The smallest absolute Gasteiger partial charge is 0.365 e. The zero-order valence-electron chi connectivity index (χ0n) is 16.3. The Morgan fingerprint density at radius 3 is 2.46 bits per heavy atom. The molecular weight excluding hydrogens is 398 g/mol. The Morgan fingerprint density at radius 2 is 1.86 bits per heavy atom. The van der Waals surface area contributed by atoms with Gasteiger partial charge in [-0.15, -0.1) is 0 Å². The highest BCUT2D eigenvalue weighted by molar-refractivity contribution is 8.28. The summed E-state index contributed by atoms with van der Waals surface area (Å²) in [7, 11) is 3.25. The van der Waals surface area contributed by atoms with Crippen molar-refractivity contribution >= 4 is 46.2 Å². The van der Waals surface area contributed by atoms with Crippen molar-refractivity contribution in [2.24, 2.45) is 5.10 Å². The molecular formula is C19H23N3O4S2. The first-order valence-corrected chi connectivity index (χ1v) is 10.7. The van der Waals surface area contributed by atoms with Crippen molar-refractivity contribution in [3.05, 3.63) is 40.9 Å². The highest BCUT2D eigenvalue weighted by Crippen LogP contribution is 2.59. The predicted molar refractivity (Wildman–Crippen MR) is 113 cm³/mol. The van der Waals surface area contributed by atoms with Crippen molar-refractivity contribution in [3.8, 4) is 0 Å². The fraction of sp³-hybridized carbons (Fsp3) is 0.421. The van der Waals surface area contributed by atoms with Gasteiger partial charge in [0.1, 0.15) is 4.91 Å². The van der Waals surface area contributed by atoms with Crippen LogP contribution >= 0.6 is 23.5 Å². The van der Waals surface area contributed by atoms with E-state index in [-0.39, 0.29) is 11.0 Å². The molecule has 2 aliphatic heterocycles. The van der Waals surface area contributed by atoms with Gasteiger partial charge in [0, 0.05) is 12.7 Å². The summed E-state index contributed by atoms with van der Waals surface area (Å²) in [6, 6.07) is 9.57. The Bertz CT molecular complexity index is 828. The van der Waals surface area contributed by atoms with Gasteiger partial charge in [0.25, 0.3) is 0 Å². The number of hydrogen-bond donors (Lipinski definition) is 0. The van der Waals surface area contributed by atoms with E-state index in [1.54, 1.807) is 11.9 Å². The first-order chi connectivity index (χ1) is 13.5. The van der Waals surface area contributed by atoms with E-state index < -0.39 is 10.3 Å². The van der Waals surface area contributed by atoms with Gasteiger partial charge in [0.15, 0.2) is 0 Å². The standard InChI is InChI=1S/C19H23N3O4S2/c1-5-10-14-15(17(23)26-6-2)27-19(21(14)3)22(13-11-8-7-9-12-13)20-16(28-19)18(24)25-4/h7-9,11-12H,5-6,10H2,1-4H3/t19-/m0/s1. The van der Waals surface area contributed by atoms with E-state index in [4.69, 9.17) is 9.47 Å². The molecule has 2 heterocycles. The highest BCUT2D eigenvalue weighted by atomic mass is 32.2. The van der Waals surface area contributed by atoms with Gasteiger partial charge in [0.05, 0.1) is 19.4 Å². The lowest BCUT2D eigenvalue weighted by Crippen LogP contribution is -2.47. The van der Waals surface area contributed by atoms with Crippen LogP contribution in [0.15, 0.2) is 46.0 Å². The molecule has 0 unspecified atom stereocenters. The van der Waals surface area contributed by atoms with Crippen LogP contribution in [0.3, 0.4) is 0 Å². The van der Waals surface area contributed by atoms with E-state index in [0.29, 0.717) is 11.5 Å². The summed E-state index contributed by atoms with van der Waals surface area (Å²) in [5.41, 5.74) is 1.70. The normalized spacial score (nSPS) is 21.4. The Labute approximate surface area is 173 Å². The quantitative estimate of drug-likeness (QED) is 0.646. The molecule has 0 N–H and O–H groups in total. The van der Waals surface area contributed by atoms with Crippen molar-refractivity contribution in [1.82, 2.24) is 4.90 Å². The van der Waals surface area contributed by atoms with E-state index in [2.05, 4.69) is 12.0 Å². The molecule has 0 bridgehead atoms. The highest BCUT2D eigenvalue weighted by Gasteiger charge is 2.57. The molecule has 0 amide bonds. The Morgan fingerprint density at radius 1 is 1.14 bits per heavy atom. The first kappa shape index (κ1) is 20.6. The molecule has 1 atom stereocenters. The van der Waals surface area contributed by atoms with Gasteiger partial charge in [-0.05, 0) is 37.2 Å². The summed E-state index contributed by atoms with van der Waals surface area (Å²) in [6.45, 7) is 4.15. The minimum Gasteiger partial charge on any atom is -0.464 e. The second-order valence-electron chi connectivity index (χ2n) is 6.10. The molecule has 0 aromatic heterocycles. The Hall–Kier alpha value is -2.13. The second-order valence-corrected chi connectivity index (χ2v) is 8.70. The molecule has 0 saturated carbocycles. The second kappa shape index (κ2) is 8.48. The number of methoxy groups -OCH3 is 1. The molecule has 3 rings (SSSR count). The molecule has 0 aliphatic carbocycles. The number of rotatable bonds is 6. The summed E-state index contributed by atoms with van der Waals surface area (Å²) >= 11 is 2.63. The van der Waals surface area contributed by atoms with Gasteiger partial charge in [-0.25, -0.2) is 14.6 Å². The number of ether oxygens (including phenoxy) is 2. The lowest BCUT2D eigenvalue weighted by Gasteiger charge is -2.39. The van der Waals surface area contributed by atoms with E-state index in [1.165, 1.54) is 30.6 Å². The molecule has 0 radical (unpaired) electrons. The average Bonchev–Trinajstić information content (AvgIpc) is 3.23. The number of anilines is 1. The number of nitrogens with zero attached hydrogens (tertiary/aromatic N) is 3. The summed E-state index contributed by atoms with van der Waals surface area (Å²) in [6.07, 6.45) is 1.59. The number of carbonyl (C=O) groups is 2. The number of esters is 2. The third-order valence-electron chi connectivity index (χ3n) is 4.32. The number of allylic oxidation sites excluding steroid dienone is 1. The zero-order valence-corrected chi connectivity index (χ0v) is 17.9. The molecule has 0 fully saturated rings. The van der Waals surface area contributed by atoms with Crippen molar-refractivity contribution in [1.29, 1.82) is 0 Å². The number of carbonyl (C=O) groups excluding carboxylic acids is 2. The van der Waals surface area contributed by atoms with Crippen molar-refractivity contribution in [2.45, 2.75) is 31.0 Å². The Balaban J connectivity index is 2.06. The van der Waals surface area contributed by atoms with Crippen molar-refractivity contribution in [3.63, 3.8) is 0 Å². The number of hydrogen-bond acceptors (Lipinski definition) is 9. The monoisotopic (exact) mass is 421 g/mol. The topological polar surface area (TPSA) is 71.4 Å². The van der Waals surface area contributed by atoms with Crippen LogP contribution in [0, 0.1) is 0 Å². The molecule has 9 heteroatoms. The molecule has 1 aromatic rings. The van der Waals surface area contributed by atoms with Gasteiger partial charge in [-0.3, -0.25) is 0 Å². The van der Waals surface area contributed by atoms with Crippen LogP contribution in [0.1, 0.15) is 26.7 Å². The number of benzene rings is 1. The minimum absolute atomic E-state index is 0.242. The Kier molecular flexibility index (Phi) is 6.24. The molecule has 0 saturated heterocycles. The van der Waals surface area contributed by atoms with E-state index in [0.717, 1.165) is 24.2 Å². The van der Waals surface area contributed by atoms with Crippen molar-refractivity contribution < 1.29 is 19.1 Å². The van der Waals surface area contributed by atoms with Crippen LogP contribution in [0.2, 0.25) is 0 Å². The molecule has 150 valence electrons. The minimum atomic E-state index is -0.836. The van der Waals surface area contributed by atoms with Crippen LogP contribution in [0.25, 0.3) is 0 Å². The maximum absolute atomic E-state index is 12.6. The average molecular weight is 422 g/mol. The van der Waals surface area contributed by atoms with Crippen LogP contribution in [-0.2, 0) is 19.1 Å². The first-order valence-electron chi connectivity index (χ1n) is 9.02. The van der Waals surface area contributed by atoms with Gasteiger partial charge >= 0.3 is 11.9 Å². The van der Waals surface area contributed by atoms with E-state index in [1.807, 2.05) is 42.3 Å². The van der Waals surface area contributed by atoms with Gasteiger partial charge in [-0.2, -0.15) is 5.10 Å². The van der Waals surface area contributed by atoms with Gasteiger partial charge < -0.3 is 14.4 Å². The third-order valence-corrected chi connectivity index (χ3v) is 7.30.